The van der Waals surface area contributed by atoms with Crippen LogP contribution >= 0.6 is 22.9 Å². The van der Waals surface area contributed by atoms with Gasteiger partial charge in [0, 0.05) is 17.3 Å². The summed E-state index contributed by atoms with van der Waals surface area (Å²) in [4.78, 5) is 8.20. The summed E-state index contributed by atoms with van der Waals surface area (Å²) < 4.78 is 0. The van der Waals surface area contributed by atoms with Crippen LogP contribution in [-0.2, 0) is 5.88 Å². The van der Waals surface area contributed by atoms with Gasteiger partial charge in [0.2, 0.25) is 0 Å². The molecular weight excluding hydrogens is 216 g/mol. The molecule has 1 unspecified atom stereocenters. The minimum Gasteiger partial charge on any atom is -0.306 e. The molecule has 1 aromatic rings. The third-order valence-corrected chi connectivity index (χ3v) is 4.52. The predicted octanol–water partition coefficient (Wildman–Crippen LogP) is 2.61. The van der Waals surface area contributed by atoms with E-state index in [0.717, 1.165) is 12.2 Å². The van der Waals surface area contributed by atoms with Gasteiger partial charge in [0.25, 0.3) is 0 Å². The Morgan fingerprint density at radius 3 is 2.93 bits per heavy atom. The summed E-state index contributed by atoms with van der Waals surface area (Å²) >= 11 is 7.63. The minimum absolute atomic E-state index is 0.603. The second-order valence-corrected chi connectivity index (χ2v) is 5.32. The summed E-state index contributed by atoms with van der Waals surface area (Å²) in [5.41, 5.74) is 1.12. The van der Waals surface area contributed by atoms with Crippen LogP contribution in [0.1, 0.15) is 27.9 Å². The summed E-state index contributed by atoms with van der Waals surface area (Å²) in [6.07, 6.45) is 1.24. The molecule has 14 heavy (non-hydrogen) atoms. The van der Waals surface area contributed by atoms with Crippen LogP contribution in [0.25, 0.3) is 0 Å². The monoisotopic (exact) mass is 230 g/mol. The van der Waals surface area contributed by atoms with Crippen LogP contribution in [0.15, 0.2) is 0 Å². The number of hydrogen-bond donors (Lipinski definition) is 0. The van der Waals surface area contributed by atoms with Gasteiger partial charge in [-0.1, -0.05) is 0 Å². The van der Waals surface area contributed by atoms with Crippen LogP contribution < -0.4 is 0 Å². The number of hydrogen-bond acceptors (Lipinski definition) is 3. The van der Waals surface area contributed by atoms with Crippen LogP contribution in [0.5, 0.6) is 0 Å². The van der Waals surface area contributed by atoms with Gasteiger partial charge in [-0.25, -0.2) is 4.98 Å². The number of aromatic nitrogens is 1. The maximum atomic E-state index is 5.84. The fraction of sp³-hybridized carbons (Fsp3) is 0.700. The fourth-order valence-corrected chi connectivity index (χ4v) is 3.28. The van der Waals surface area contributed by atoms with Crippen LogP contribution in [0.4, 0.5) is 0 Å². The lowest BCUT2D eigenvalue weighted by Gasteiger charge is -2.06. The molecule has 2 heterocycles. The van der Waals surface area contributed by atoms with Gasteiger partial charge in [-0.3, -0.25) is 0 Å². The number of likely N-dealkylation sites (N-methyl/N-ethyl adjacent to an activating group) is 1. The Morgan fingerprint density at radius 1 is 1.64 bits per heavy atom. The van der Waals surface area contributed by atoms with E-state index in [-0.39, 0.29) is 0 Å². The molecule has 1 aromatic heterocycles. The molecule has 0 amide bonds. The Morgan fingerprint density at radius 2 is 2.43 bits per heavy atom. The summed E-state index contributed by atoms with van der Waals surface area (Å²) in [5.74, 6) is 1.24. The molecule has 0 aliphatic carbocycles. The number of halogens is 1. The van der Waals surface area contributed by atoms with Gasteiger partial charge in [-0.2, -0.15) is 0 Å². The zero-order valence-electron chi connectivity index (χ0n) is 8.59. The third-order valence-electron chi connectivity index (χ3n) is 2.77. The van der Waals surface area contributed by atoms with E-state index in [1.807, 2.05) is 0 Å². The van der Waals surface area contributed by atoms with E-state index in [9.17, 15) is 0 Å². The van der Waals surface area contributed by atoms with E-state index in [0.29, 0.717) is 11.8 Å². The molecule has 0 radical (unpaired) electrons. The first-order chi connectivity index (χ1) is 6.70. The first-order valence-corrected chi connectivity index (χ1v) is 6.26. The number of alkyl halides is 1. The van der Waals surface area contributed by atoms with Crippen molar-refractivity contribution in [1.82, 2.24) is 9.88 Å². The topological polar surface area (TPSA) is 16.1 Å². The summed E-state index contributed by atoms with van der Waals surface area (Å²) in [6, 6.07) is 0. The van der Waals surface area contributed by atoms with Crippen molar-refractivity contribution in [3.8, 4) is 0 Å². The van der Waals surface area contributed by atoms with Gasteiger partial charge in [0.05, 0.1) is 16.6 Å². The van der Waals surface area contributed by atoms with Crippen LogP contribution in [-0.4, -0.2) is 30.0 Å². The van der Waals surface area contributed by atoms with E-state index in [1.54, 1.807) is 11.3 Å². The molecule has 1 saturated heterocycles. The molecular formula is C10H15ClN2S. The minimum atomic E-state index is 0.603. The van der Waals surface area contributed by atoms with Crippen molar-refractivity contribution in [3.63, 3.8) is 0 Å². The van der Waals surface area contributed by atoms with E-state index in [1.165, 1.54) is 22.9 Å². The smallest absolute Gasteiger partial charge is 0.0975 e. The number of nitrogens with zero attached hydrogens (tertiary/aromatic N) is 2. The largest absolute Gasteiger partial charge is 0.306 e. The molecule has 2 nitrogen and oxygen atoms in total. The third kappa shape index (κ3) is 1.95. The molecule has 0 N–H and O–H groups in total. The molecule has 1 aliphatic heterocycles. The van der Waals surface area contributed by atoms with Crippen molar-refractivity contribution in [2.45, 2.75) is 25.1 Å². The number of thiazole rings is 1. The Labute approximate surface area is 93.9 Å². The Balaban J connectivity index is 2.16. The van der Waals surface area contributed by atoms with E-state index < -0.39 is 0 Å². The number of rotatable bonds is 2. The van der Waals surface area contributed by atoms with Crippen molar-refractivity contribution >= 4 is 22.9 Å². The van der Waals surface area contributed by atoms with Crippen molar-refractivity contribution in [3.05, 3.63) is 15.6 Å². The van der Waals surface area contributed by atoms with Crippen molar-refractivity contribution in [2.24, 2.45) is 0 Å². The fourth-order valence-electron chi connectivity index (χ4n) is 1.89. The Kier molecular flexibility index (Phi) is 3.10. The molecule has 78 valence electrons. The highest BCUT2D eigenvalue weighted by Gasteiger charge is 2.24. The Bertz CT molecular complexity index is 324. The molecule has 0 aromatic carbocycles. The maximum Gasteiger partial charge on any atom is 0.0975 e. The zero-order valence-corrected chi connectivity index (χ0v) is 10.2. The zero-order chi connectivity index (χ0) is 10.1. The van der Waals surface area contributed by atoms with Gasteiger partial charge in [-0.15, -0.1) is 22.9 Å². The quantitative estimate of drug-likeness (QED) is 0.727. The van der Waals surface area contributed by atoms with E-state index in [2.05, 4.69) is 23.9 Å². The van der Waals surface area contributed by atoms with Crippen LogP contribution in [0.2, 0.25) is 0 Å². The van der Waals surface area contributed by atoms with Gasteiger partial charge in [0.1, 0.15) is 0 Å². The summed E-state index contributed by atoms with van der Waals surface area (Å²) in [7, 11) is 2.17. The molecule has 2 rings (SSSR count). The SMILES string of the molecule is Cc1nc(C2CCN(C)C2)sc1CCl. The normalized spacial score (nSPS) is 23.2. The number of aryl methyl sites for hydroxylation is 1. The Hall–Kier alpha value is -0.120. The molecule has 1 atom stereocenters. The number of likely N-dealkylation sites (tertiary alicyclic amines) is 1. The maximum absolute atomic E-state index is 5.84. The van der Waals surface area contributed by atoms with Crippen molar-refractivity contribution in [1.29, 1.82) is 0 Å². The first kappa shape index (κ1) is 10.4. The molecule has 0 spiro atoms. The predicted molar refractivity (Wildman–Crippen MR) is 61.3 cm³/mol. The lowest BCUT2D eigenvalue weighted by molar-refractivity contribution is 0.411. The van der Waals surface area contributed by atoms with Gasteiger partial charge < -0.3 is 4.90 Å². The van der Waals surface area contributed by atoms with Crippen LogP contribution in [0.3, 0.4) is 0 Å². The van der Waals surface area contributed by atoms with Crippen molar-refractivity contribution in [2.75, 3.05) is 20.1 Å². The standard InChI is InChI=1S/C10H15ClN2S/c1-7-9(5-11)14-10(12-7)8-3-4-13(2)6-8/h8H,3-6H2,1-2H3. The van der Waals surface area contributed by atoms with E-state index >= 15 is 0 Å². The molecule has 1 fully saturated rings. The second kappa shape index (κ2) is 4.17. The molecule has 0 saturated carbocycles. The van der Waals surface area contributed by atoms with E-state index in [4.69, 9.17) is 11.6 Å². The molecule has 0 bridgehead atoms. The second-order valence-electron chi connectivity index (χ2n) is 3.94. The highest BCUT2D eigenvalue weighted by Crippen LogP contribution is 2.31. The lowest BCUT2D eigenvalue weighted by atomic mass is 10.1. The van der Waals surface area contributed by atoms with Crippen LogP contribution in [0, 0.1) is 6.92 Å². The average molecular weight is 231 g/mol. The van der Waals surface area contributed by atoms with Gasteiger partial charge >= 0.3 is 0 Å². The van der Waals surface area contributed by atoms with Gasteiger partial charge in [-0.05, 0) is 26.9 Å². The summed E-state index contributed by atoms with van der Waals surface area (Å²) in [5, 5.41) is 1.28. The van der Waals surface area contributed by atoms with Crippen molar-refractivity contribution < 1.29 is 0 Å². The van der Waals surface area contributed by atoms with Gasteiger partial charge in [0.15, 0.2) is 0 Å². The molecule has 4 heteroatoms. The summed E-state index contributed by atoms with van der Waals surface area (Å²) in [6.45, 7) is 4.39. The highest BCUT2D eigenvalue weighted by molar-refractivity contribution is 7.12. The lowest BCUT2D eigenvalue weighted by Crippen LogP contribution is -2.13. The molecule has 1 aliphatic rings. The highest BCUT2D eigenvalue weighted by atomic mass is 35.5. The first-order valence-electron chi connectivity index (χ1n) is 4.91. The average Bonchev–Trinajstić information content (AvgIpc) is 2.71.